The highest BCUT2D eigenvalue weighted by Gasteiger charge is 2.20. The smallest absolute Gasteiger partial charge is 0.265 e. The lowest BCUT2D eigenvalue weighted by Crippen LogP contribution is -2.14. The zero-order chi connectivity index (χ0) is 17.8. The van der Waals surface area contributed by atoms with Crippen molar-refractivity contribution in [3.8, 4) is 22.1 Å². The van der Waals surface area contributed by atoms with Crippen LogP contribution in [0.25, 0.3) is 10.6 Å². The van der Waals surface area contributed by atoms with Crippen LogP contribution < -0.4 is 14.8 Å². The van der Waals surface area contributed by atoms with E-state index in [2.05, 4.69) is 15.5 Å². The molecule has 0 bridgehead atoms. The van der Waals surface area contributed by atoms with Gasteiger partial charge in [-0.15, -0.1) is 10.2 Å². The molecule has 1 N–H and O–H groups in total. The fourth-order valence-electron chi connectivity index (χ4n) is 2.25. The second-order valence-corrected chi connectivity index (χ2v) is 6.27. The SMILES string of the molecule is COc1cccc(OC)c1C(=O)Nc1nnc(-c2ccccc2Cl)s1. The monoisotopic (exact) mass is 375 g/mol. The fraction of sp³-hybridized carbons (Fsp3) is 0.118. The number of nitrogens with one attached hydrogen (secondary N) is 1. The Labute approximate surface area is 153 Å². The summed E-state index contributed by atoms with van der Waals surface area (Å²) in [6, 6.07) is 12.4. The molecular weight excluding hydrogens is 362 g/mol. The van der Waals surface area contributed by atoms with Gasteiger partial charge in [0, 0.05) is 5.56 Å². The Balaban J connectivity index is 1.87. The lowest BCUT2D eigenvalue weighted by Gasteiger charge is -2.11. The number of ether oxygens (including phenoxy) is 2. The van der Waals surface area contributed by atoms with Crippen LogP contribution in [0.3, 0.4) is 0 Å². The van der Waals surface area contributed by atoms with Crippen molar-refractivity contribution >= 4 is 34.0 Å². The van der Waals surface area contributed by atoms with E-state index in [1.54, 1.807) is 24.3 Å². The standard InChI is InChI=1S/C17H14ClN3O3S/c1-23-12-8-5-9-13(24-2)14(12)15(22)19-17-21-20-16(25-17)10-6-3-4-7-11(10)18/h3-9H,1-2H3,(H,19,21,22). The average Bonchev–Trinajstić information content (AvgIpc) is 3.09. The first-order valence-corrected chi connectivity index (χ1v) is 8.44. The minimum Gasteiger partial charge on any atom is -0.496 e. The number of hydrogen-bond donors (Lipinski definition) is 1. The van der Waals surface area contributed by atoms with Crippen LogP contribution in [0.4, 0.5) is 5.13 Å². The van der Waals surface area contributed by atoms with Crippen LogP contribution in [-0.2, 0) is 0 Å². The molecule has 1 amide bonds. The van der Waals surface area contributed by atoms with Crippen LogP contribution in [0, 0.1) is 0 Å². The van der Waals surface area contributed by atoms with E-state index in [1.807, 2.05) is 18.2 Å². The molecule has 0 saturated carbocycles. The summed E-state index contributed by atoms with van der Waals surface area (Å²) in [6.45, 7) is 0. The highest BCUT2D eigenvalue weighted by atomic mass is 35.5. The zero-order valence-electron chi connectivity index (χ0n) is 13.4. The Morgan fingerprint density at radius 2 is 1.72 bits per heavy atom. The van der Waals surface area contributed by atoms with Crippen LogP contribution in [0.5, 0.6) is 11.5 Å². The molecule has 0 fully saturated rings. The largest absolute Gasteiger partial charge is 0.496 e. The summed E-state index contributed by atoms with van der Waals surface area (Å²) >= 11 is 7.40. The third-order valence-electron chi connectivity index (χ3n) is 3.40. The maximum absolute atomic E-state index is 12.6. The quantitative estimate of drug-likeness (QED) is 0.725. The number of anilines is 1. The van der Waals surface area contributed by atoms with Gasteiger partial charge in [0.05, 0.1) is 19.2 Å². The normalized spacial score (nSPS) is 10.4. The predicted octanol–water partition coefficient (Wildman–Crippen LogP) is 4.13. The van der Waals surface area contributed by atoms with Crippen LogP contribution in [0.2, 0.25) is 5.02 Å². The van der Waals surface area contributed by atoms with Gasteiger partial charge >= 0.3 is 0 Å². The first-order chi connectivity index (χ1) is 12.1. The van der Waals surface area contributed by atoms with E-state index in [-0.39, 0.29) is 0 Å². The first-order valence-electron chi connectivity index (χ1n) is 7.24. The molecule has 0 aliphatic carbocycles. The zero-order valence-corrected chi connectivity index (χ0v) is 15.0. The van der Waals surface area contributed by atoms with Gasteiger partial charge in [-0.1, -0.05) is 47.2 Å². The average molecular weight is 376 g/mol. The lowest BCUT2D eigenvalue weighted by atomic mass is 10.1. The lowest BCUT2D eigenvalue weighted by molar-refractivity contribution is 0.102. The minimum absolute atomic E-state index is 0.294. The fourth-order valence-corrected chi connectivity index (χ4v) is 3.31. The van der Waals surface area contributed by atoms with Gasteiger partial charge in [-0.25, -0.2) is 0 Å². The molecule has 0 aliphatic heterocycles. The van der Waals surface area contributed by atoms with E-state index in [0.29, 0.717) is 32.2 Å². The van der Waals surface area contributed by atoms with Gasteiger partial charge in [0.25, 0.3) is 5.91 Å². The van der Waals surface area contributed by atoms with Gasteiger partial charge < -0.3 is 9.47 Å². The molecule has 0 atom stereocenters. The van der Waals surface area contributed by atoms with Crippen LogP contribution >= 0.6 is 22.9 Å². The molecule has 0 radical (unpaired) electrons. The molecule has 0 unspecified atom stereocenters. The molecule has 3 aromatic rings. The van der Waals surface area contributed by atoms with E-state index >= 15 is 0 Å². The van der Waals surface area contributed by atoms with Crippen LogP contribution in [-0.4, -0.2) is 30.3 Å². The Morgan fingerprint density at radius 1 is 1.04 bits per heavy atom. The molecule has 0 saturated heterocycles. The summed E-state index contributed by atoms with van der Waals surface area (Å²) in [5.41, 5.74) is 1.05. The number of halogens is 1. The molecule has 2 aromatic carbocycles. The number of carbonyl (C=O) groups excluding carboxylic acids is 1. The van der Waals surface area contributed by atoms with E-state index in [4.69, 9.17) is 21.1 Å². The summed E-state index contributed by atoms with van der Waals surface area (Å²) in [6.07, 6.45) is 0. The van der Waals surface area contributed by atoms with Crippen LogP contribution in [0.15, 0.2) is 42.5 Å². The van der Waals surface area contributed by atoms with Crippen molar-refractivity contribution in [1.29, 1.82) is 0 Å². The molecule has 8 heteroatoms. The van der Waals surface area contributed by atoms with Crippen molar-refractivity contribution in [1.82, 2.24) is 10.2 Å². The van der Waals surface area contributed by atoms with Crippen molar-refractivity contribution in [3.05, 3.63) is 53.1 Å². The molecule has 3 rings (SSSR count). The van der Waals surface area contributed by atoms with Gasteiger partial charge in [0.2, 0.25) is 5.13 Å². The molecule has 0 spiro atoms. The molecule has 128 valence electrons. The Hall–Kier alpha value is -2.64. The van der Waals surface area contributed by atoms with Gasteiger partial charge in [-0.05, 0) is 18.2 Å². The Bertz CT molecular complexity index is 891. The van der Waals surface area contributed by atoms with E-state index in [1.165, 1.54) is 25.6 Å². The summed E-state index contributed by atoms with van der Waals surface area (Å²) in [4.78, 5) is 12.6. The number of methoxy groups -OCH3 is 2. The topological polar surface area (TPSA) is 73.3 Å². The summed E-state index contributed by atoms with van der Waals surface area (Å²) in [5.74, 6) is 0.427. The van der Waals surface area contributed by atoms with Crippen molar-refractivity contribution in [3.63, 3.8) is 0 Å². The van der Waals surface area contributed by atoms with Crippen molar-refractivity contribution < 1.29 is 14.3 Å². The molecule has 6 nitrogen and oxygen atoms in total. The highest BCUT2D eigenvalue weighted by Crippen LogP contribution is 2.33. The second kappa shape index (κ2) is 7.50. The summed E-state index contributed by atoms with van der Waals surface area (Å²) in [5, 5.41) is 12.4. The van der Waals surface area contributed by atoms with Crippen LogP contribution in [0.1, 0.15) is 10.4 Å². The van der Waals surface area contributed by atoms with E-state index in [9.17, 15) is 4.79 Å². The van der Waals surface area contributed by atoms with Crippen molar-refractivity contribution in [2.24, 2.45) is 0 Å². The third kappa shape index (κ3) is 3.57. The number of nitrogens with zero attached hydrogens (tertiary/aromatic N) is 2. The third-order valence-corrected chi connectivity index (χ3v) is 4.61. The predicted molar refractivity (Wildman–Crippen MR) is 97.9 cm³/mol. The van der Waals surface area contributed by atoms with Gasteiger partial charge in [-0.3, -0.25) is 10.1 Å². The maximum atomic E-state index is 12.6. The van der Waals surface area contributed by atoms with Crippen molar-refractivity contribution in [2.75, 3.05) is 19.5 Å². The number of benzene rings is 2. The Morgan fingerprint density at radius 3 is 2.36 bits per heavy atom. The molecule has 1 heterocycles. The summed E-state index contributed by atoms with van der Waals surface area (Å²) < 4.78 is 10.5. The van der Waals surface area contributed by atoms with Crippen molar-refractivity contribution in [2.45, 2.75) is 0 Å². The van der Waals surface area contributed by atoms with E-state index < -0.39 is 5.91 Å². The highest BCUT2D eigenvalue weighted by molar-refractivity contribution is 7.18. The molecule has 1 aromatic heterocycles. The number of carbonyl (C=O) groups is 1. The number of hydrogen-bond acceptors (Lipinski definition) is 6. The maximum Gasteiger partial charge on any atom is 0.265 e. The minimum atomic E-state index is -0.392. The van der Waals surface area contributed by atoms with E-state index in [0.717, 1.165) is 5.56 Å². The number of aromatic nitrogens is 2. The summed E-state index contributed by atoms with van der Waals surface area (Å²) in [7, 11) is 2.98. The number of rotatable bonds is 5. The molecule has 25 heavy (non-hydrogen) atoms. The molecule has 0 aliphatic rings. The van der Waals surface area contributed by atoms with Gasteiger partial charge in [-0.2, -0.15) is 0 Å². The Kier molecular flexibility index (Phi) is 5.16. The second-order valence-electron chi connectivity index (χ2n) is 4.88. The number of amides is 1. The van der Waals surface area contributed by atoms with Gasteiger partial charge in [0.1, 0.15) is 17.1 Å². The molecular formula is C17H14ClN3O3S. The van der Waals surface area contributed by atoms with Gasteiger partial charge in [0.15, 0.2) is 5.01 Å². The first kappa shape index (κ1) is 17.2.